The fraction of sp³-hybridized carbons (Fsp3) is 0.316. The number of nitrogens with zero attached hydrogens (tertiary/aromatic N) is 2. The minimum Gasteiger partial charge on any atom is -0.320 e. The number of carbonyl (C=O) groups is 1. The lowest BCUT2D eigenvalue weighted by atomic mass is 9.97. The molecule has 3 aromatic rings. The Morgan fingerprint density at radius 2 is 1.96 bits per heavy atom. The van der Waals surface area contributed by atoms with Crippen molar-refractivity contribution in [3.05, 3.63) is 46.6 Å². The van der Waals surface area contributed by atoms with Crippen molar-refractivity contribution in [2.45, 2.75) is 42.9 Å². The molecule has 1 aromatic carbocycles. The Morgan fingerprint density at radius 3 is 2.74 bits per heavy atom. The number of hydrogen-bond acceptors (Lipinski definition) is 5. The number of benzene rings is 1. The lowest BCUT2D eigenvalue weighted by Gasteiger charge is -2.14. The Balaban J connectivity index is 1.58. The third kappa shape index (κ3) is 3.55. The van der Waals surface area contributed by atoms with E-state index in [1.165, 1.54) is 41.0 Å². The van der Waals surface area contributed by atoms with E-state index >= 15 is 0 Å². The summed E-state index contributed by atoms with van der Waals surface area (Å²) < 4.78 is 27.6. The van der Waals surface area contributed by atoms with E-state index < -0.39 is 28.5 Å². The monoisotopic (exact) mass is 405 g/mol. The quantitative estimate of drug-likeness (QED) is 0.492. The third-order valence-corrected chi connectivity index (χ3v) is 6.89. The Labute approximate surface area is 163 Å². The van der Waals surface area contributed by atoms with Crippen LogP contribution in [0.2, 0.25) is 0 Å². The molecule has 27 heavy (non-hydrogen) atoms. The second kappa shape index (κ2) is 7.52. The van der Waals surface area contributed by atoms with Crippen LogP contribution in [0.5, 0.6) is 0 Å². The van der Waals surface area contributed by atoms with Crippen LogP contribution in [-0.2, 0) is 17.6 Å². The maximum Gasteiger partial charge on any atom is 0.237 e. The molecule has 1 aliphatic carbocycles. The van der Waals surface area contributed by atoms with Crippen molar-refractivity contribution < 1.29 is 13.6 Å². The van der Waals surface area contributed by atoms with Crippen molar-refractivity contribution in [3.8, 4) is 0 Å². The largest absolute Gasteiger partial charge is 0.320 e. The van der Waals surface area contributed by atoms with E-state index in [0.717, 1.165) is 46.6 Å². The number of thioether (sulfide) groups is 1. The van der Waals surface area contributed by atoms with E-state index in [0.29, 0.717) is 0 Å². The molecule has 0 spiro atoms. The van der Waals surface area contributed by atoms with Crippen LogP contribution in [0, 0.1) is 11.6 Å². The van der Waals surface area contributed by atoms with E-state index in [4.69, 9.17) is 0 Å². The lowest BCUT2D eigenvalue weighted by molar-refractivity contribution is -0.115. The Morgan fingerprint density at radius 1 is 1.22 bits per heavy atom. The Hall–Kier alpha value is -2.06. The van der Waals surface area contributed by atoms with Crippen LogP contribution >= 0.6 is 23.1 Å². The molecule has 140 valence electrons. The van der Waals surface area contributed by atoms with Crippen molar-refractivity contribution in [1.82, 2.24) is 9.97 Å². The minimum absolute atomic E-state index is 0.421. The predicted octanol–water partition coefficient (Wildman–Crippen LogP) is 4.97. The van der Waals surface area contributed by atoms with E-state index in [1.54, 1.807) is 18.3 Å². The number of fused-ring (bicyclic) bond motifs is 3. The Bertz CT molecular complexity index is 1000. The molecule has 2 aromatic heterocycles. The summed E-state index contributed by atoms with van der Waals surface area (Å²) >= 11 is 2.98. The van der Waals surface area contributed by atoms with Gasteiger partial charge in [-0.3, -0.25) is 4.79 Å². The molecule has 1 atom stereocenters. The van der Waals surface area contributed by atoms with E-state index in [2.05, 4.69) is 15.3 Å². The topological polar surface area (TPSA) is 54.9 Å². The summed E-state index contributed by atoms with van der Waals surface area (Å²) in [6.07, 6.45) is 5.89. The van der Waals surface area contributed by atoms with Gasteiger partial charge >= 0.3 is 0 Å². The van der Waals surface area contributed by atoms with Crippen LogP contribution in [0.25, 0.3) is 10.2 Å². The van der Waals surface area contributed by atoms with Gasteiger partial charge in [0.25, 0.3) is 0 Å². The van der Waals surface area contributed by atoms with Crippen LogP contribution in [0.1, 0.15) is 30.2 Å². The highest BCUT2D eigenvalue weighted by molar-refractivity contribution is 8.00. The van der Waals surface area contributed by atoms with Crippen molar-refractivity contribution in [2.24, 2.45) is 0 Å². The normalized spacial score (nSPS) is 14.8. The first-order valence-electron chi connectivity index (χ1n) is 8.71. The van der Waals surface area contributed by atoms with Crippen LogP contribution in [0.3, 0.4) is 0 Å². The molecule has 1 aliphatic rings. The van der Waals surface area contributed by atoms with Gasteiger partial charge < -0.3 is 5.32 Å². The van der Waals surface area contributed by atoms with Gasteiger partial charge in [-0.1, -0.05) is 17.8 Å². The van der Waals surface area contributed by atoms with Gasteiger partial charge in [0, 0.05) is 10.3 Å². The zero-order valence-corrected chi connectivity index (χ0v) is 16.2. The molecule has 0 radical (unpaired) electrons. The Kier molecular flexibility index (Phi) is 5.10. The zero-order chi connectivity index (χ0) is 19.0. The smallest absolute Gasteiger partial charge is 0.237 e. The number of anilines is 1. The van der Waals surface area contributed by atoms with E-state index in [9.17, 15) is 13.6 Å². The van der Waals surface area contributed by atoms with Crippen molar-refractivity contribution in [3.63, 3.8) is 0 Å². The first-order chi connectivity index (χ1) is 13.0. The van der Waals surface area contributed by atoms with Crippen molar-refractivity contribution >= 4 is 44.9 Å². The first kappa shape index (κ1) is 18.3. The van der Waals surface area contributed by atoms with Gasteiger partial charge in [0.15, 0.2) is 0 Å². The molecule has 4 nitrogen and oxygen atoms in total. The number of rotatable bonds is 4. The first-order valence-corrected chi connectivity index (χ1v) is 10.4. The number of hydrogen-bond donors (Lipinski definition) is 1. The average molecular weight is 405 g/mol. The predicted molar refractivity (Wildman–Crippen MR) is 104 cm³/mol. The zero-order valence-electron chi connectivity index (χ0n) is 14.6. The summed E-state index contributed by atoms with van der Waals surface area (Å²) in [5.41, 5.74) is 0.868. The molecule has 1 amide bonds. The fourth-order valence-corrected chi connectivity index (χ4v) is 5.45. The van der Waals surface area contributed by atoms with Gasteiger partial charge in [0.05, 0.1) is 5.25 Å². The van der Waals surface area contributed by atoms with Gasteiger partial charge in [-0.05, 0) is 50.3 Å². The molecular formula is C19H17F2N3OS2. The summed E-state index contributed by atoms with van der Waals surface area (Å²) in [5.74, 6) is -2.06. The van der Waals surface area contributed by atoms with Crippen molar-refractivity contribution in [1.29, 1.82) is 0 Å². The van der Waals surface area contributed by atoms with Gasteiger partial charge in [0.1, 0.15) is 33.5 Å². The highest BCUT2D eigenvalue weighted by atomic mass is 32.2. The molecule has 8 heteroatoms. The van der Waals surface area contributed by atoms with Gasteiger partial charge in [0.2, 0.25) is 5.91 Å². The number of para-hydroxylation sites is 1. The number of thiophene rings is 1. The SMILES string of the molecule is C[C@H](Sc1ncnc2sc3c(c12)CCCC3)C(=O)Nc1c(F)cccc1F. The van der Waals surface area contributed by atoms with Crippen LogP contribution < -0.4 is 5.32 Å². The summed E-state index contributed by atoms with van der Waals surface area (Å²) in [4.78, 5) is 23.5. The van der Waals surface area contributed by atoms with Crippen LogP contribution in [0.15, 0.2) is 29.6 Å². The third-order valence-electron chi connectivity index (χ3n) is 4.59. The average Bonchev–Trinajstić information content (AvgIpc) is 3.04. The lowest BCUT2D eigenvalue weighted by Crippen LogP contribution is -2.23. The summed E-state index contributed by atoms with van der Waals surface area (Å²) in [7, 11) is 0. The second-order valence-corrected chi connectivity index (χ2v) is 8.83. The molecule has 0 saturated heterocycles. The van der Waals surface area contributed by atoms with Gasteiger partial charge in [-0.25, -0.2) is 18.7 Å². The van der Waals surface area contributed by atoms with Crippen molar-refractivity contribution in [2.75, 3.05) is 5.32 Å². The van der Waals surface area contributed by atoms with E-state index in [1.807, 2.05) is 0 Å². The molecular weight excluding hydrogens is 388 g/mol. The summed E-state index contributed by atoms with van der Waals surface area (Å²) in [6.45, 7) is 1.70. The minimum atomic E-state index is -0.795. The summed E-state index contributed by atoms with van der Waals surface area (Å²) in [6, 6.07) is 3.49. The highest BCUT2D eigenvalue weighted by Crippen LogP contribution is 2.40. The molecule has 1 N–H and O–H groups in total. The van der Waals surface area contributed by atoms with Gasteiger partial charge in [-0.2, -0.15) is 0 Å². The molecule has 0 unspecified atom stereocenters. The van der Waals surface area contributed by atoms with Crippen LogP contribution in [0.4, 0.5) is 14.5 Å². The van der Waals surface area contributed by atoms with E-state index in [-0.39, 0.29) is 0 Å². The number of carbonyl (C=O) groups excluding carboxylic acids is 1. The molecule has 0 bridgehead atoms. The molecule has 4 rings (SSSR count). The number of halogens is 2. The highest BCUT2D eigenvalue weighted by Gasteiger charge is 2.24. The number of aromatic nitrogens is 2. The number of nitrogens with one attached hydrogen (secondary N) is 1. The van der Waals surface area contributed by atoms with Gasteiger partial charge in [-0.15, -0.1) is 11.3 Å². The molecule has 0 fully saturated rings. The number of aryl methyl sites for hydroxylation is 2. The molecule has 0 saturated carbocycles. The maximum absolute atomic E-state index is 13.8. The standard InChI is InChI=1S/C19H17F2N3OS2/c1-10(17(25)24-16-12(20)6-4-7-13(16)21)26-18-15-11-5-2-3-8-14(11)27-19(15)23-9-22-18/h4,6-7,9-10H,2-3,5,8H2,1H3,(H,24,25)/t10-/m0/s1. The fourth-order valence-electron chi connectivity index (χ4n) is 3.21. The number of amides is 1. The molecule has 0 aliphatic heterocycles. The van der Waals surface area contributed by atoms with Crippen LogP contribution in [-0.4, -0.2) is 21.1 Å². The molecule has 2 heterocycles. The summed E-state index contributed by atoms with van der Waals surface area (Å²) in [5, 5.41) is 3.56. The second-order valence-electron chi connectivity index (χ2n) is 6.42. The maximum atomic E-state index is 13.8.